The minimum atomic E-state index is -0.267. The number of Topliss-reactive ketones (excluding diaryl/α,β-unsaturated/α-hetero) is 1. The van der Waals surface area contributed by atoms with Crippen LogP contribution in [0.3, 0.4) is 0 Å². The van der Waals surface area contributed by atoms with Gasteiger partial charge in [-0.05, 0) is 55.9 Å². The van der Waals surface area contributed by atoms with E-state index in [4.69, 9.17) is 16.3 Å². The first-order chi connectivity index (χ1) is 14.0. The molecule has 1 fully saturated rings. The molecular weight excluding hydrogens is 390 g/mol. The van der Waals surface area contributed by atoms with Crippen LogP contribution < -0.4 is 15.0 Å². The Morgan fingerprint density at radius 2 is 1.76 bits per heavy atom. The Labute approximate surface area is 176 Å². The number of piperazine rings is 1. The van der Waals surface area contributed by atoms with Crippen molar-refractivity contribution < 1.29 is 14.3 Å². The number of hydrogen-bond acceptors (Lipinski definition) is 5. The van der Waals surface area contributed by atoms with E-state index in [0.29, 0.717) is 22.0 Å². The molecule has 6 nitrogen and oxygen atoms in total. The van der Waals surface area contributed by atoms with Gasteiger partial charge in [0, 0.05) is 36.8 Å². The highest BCUT2D eigenvalue weighted by Crippen LogP contribution is 2.30. The summed E-state index contributed by atoms with van der Waals surface area (Å²) in [6, 6.07) is 12.3. The fourth-order valence-electron chi connectivity index (χ4n) is 3.31. The molecule has 0 bridgehead atoms. The van der Waals surface area contributed by atoms with E-state index in [-0.39, 0.29) is 18.3 Å². The van der Waals surface area contributed by atoms with E-state index in [1.54, 1.807) is 30.3 Å². The number of likely N-dealkylation sites (N-methyl/N-ethyl adjacent to an activating group) is 1. The van der Waals surface area contributed by atoms with Gasteiger partial charge in [-0.1, -0.05) is 18.5 Å². The number of nitrogens with one attached hydrogen (secondary N) is 1. The molecule has 0 aromatic heterocycles. The van der Waals surface area contributed by atoms with E-state index in [2.05, 4.69) is 22.0 Å². The van der Waals surface area contributed by atoms with Gasteiger partial charge >= 0.3 is 0 Å². The van der Waals surface area contributed by atoms with Crippen molar-refractivity contribution in [3.8, 4) is 5.75 Å². The molecule has 0 unspecified atom stereocenters. The van der Waals surface area contributed by atoms with E-state index in [9.17, 15) is 9.59 Å². The third-order valence-corrected chi connectivity index (χ3v) is 5.26. The number of rotatable bonds is 7. The lowest BCUT2D eigenvalue weighted by molar-refractivity contribution is -0.118. The van der Waals surface area contributed by atoms with Crippen molar-refractivity contribution >= 4 is 34.7 Å². The zero-order valence-electron chi connectivity index (χ0n) is 16.8. The lowest BCUT2D eigenvalue weighted by Crippen LogP contribution is -2.46. The SMILES string of the molecule is CCN1CCN(c2ccc(Cl)cc2NC(=O)COc2ccc(C(C)=O)cc2)CC1. The monoisotopic (exact) mass is 415 g/mol. The summed E-state index contributed by atoms with van der Waals surface area (Å²) < 4.78 is 5.54. The summed E-state index contributed by atoms with van der Waals surface area (Å²) >= 11 is 6.16. The molecular formula is C22H26ClN3O3. The summed E-state index contributed by atoms with van der Waals surface area (Å²) in [7, 11) is 0. The van der Waals surface area contributed by atoms with Gasteiger partial charge in [0.05, 0.1) is 11.4 Å². The smallest absolute Gasteiger partial charge is 0.262 e. The highest BCUT2D eigenvalue weighted by atomic mass is 35.5. The molecule has 1 saturated heterocycles. The highest BCUT2D eigenvalue weighted by molar-refractivity contribution is 6.31. The second-order valence-corrected chi connectivity index (χ2v) is 7.44. The molecule has 7 heteroatoms. The maximum atomic E-state index is 12.4. The number of benzene rings is 2. The van der Waals surface area contributed by atoms with Gasteiger partial charge < -0.3 is 19.9 Å². The number of anilines is 2. The van der Waals surface area contributed by atoms with Crippen LogP contribution in [0.25, 0.3) is 0 Å². The molecule has 3 rings (SSSR count). The topological polar surface area (TPSA) is 61.9 Å². The summed E-state index contributed by atoms with van der Waals surface area (Å²) in [6.45, 7) is 8.37. The lowest BCUT2D eigenvalue weighted by atomic mass is 10.1. The van der Waals surface area contributed by atoms with Gasteiger partial charge in [-0.15, -0.1) is 0 Å². The van der Waals surface area contributed by atoms with E-state index in [1.807, 2.05) is 12.1 Å². The normalized spacial score (nSPS) is 14.5. The fourth-order valence-corrected chi connectivity index (χ4v) is 3.48. The molecule has 1 N–H and O–H groups in total. The zero-order chi connectivity index (χ0) is 20.8. The Bertz CT molecular complexity index is 862. The van der Waals surface area contributed by atoms with Crippen molar-refractivity contribution in [1.82, 2.24) is 4.90 Å². The van der Waals surface area contributed by atoms with Crippen molar-refractivity contribution in [3.05, 3.63) is 53.1 Å². The quantitative estimate of drug-likeness (QED) is 0.698. The molecule has 1 amide bonds. The second-order valence-electron chi connectivity index (χ2n) is 7.00. The van der Waals surface area contributed by atoms with Crippen LogP contribution in [-0.4, -0.2) is 55.9 Å². The number of nitrogens with zero attached hydrogens (tertiary/aromatic N) is 2. The van der Waals surface area contributed by atoms with Crippen molar-refractivity contribution in [2.45, 2.75) is 13.8 Å². The summed E-state index contributed by atoms with van der Waals surface area (Å²) in [5, 5.41) is 3.48. The van der Waals surface area contributed by atoms with Gasteiger partial charge in [-0.3, -0.25) is 9.59 Å². The number of hydrogen-bond donors (Lipinski definition) is 1. The Morgan fingerprint density at radius 3 is 2.38 bits per heavy atom. The zero-order valence-corrected chi connectivity index (χ0v) is 17.5. The van der Waals surface area contributed by atoms with Crippen LogP contribution in [-0.2, 0) is 4.79 Å². The van der Waals surface area contributed by atoms with E-state index in [0.717, 1.165) is 38.4 Å². The molecule has 1 heterocycles. The van der Waals surface area contributed by atoms with E-state index >= 15 is 0 Å². The molecule has 2 aromatic rings. The first kappa shape index (κ1) is 21.1. The summed E-state index contributed by atoms with van der Waals surface area (Å²) in [6.07, 6.45) is 0. The Morgan fingerprint density at radius 1 is 1.07 bits per heavy atom. The van der Waals surface area contributed by atoms with Gasteiger partial charge in [0.25, 0.3) is 5.91 Å². The minimum absolute atomic E-state index is 0.0115. The average Bonchev–Trinajstić information content (AvgIpc) is 2.73. The molecule has 1 aliphatic heterocycles. The Hall–Kier alpha value is -2.57. The van der Waals surface area contributed by atoms with Gasteiger partial charge in [-0.2, -0.15) is 0 Å². The van der Waals surface area contributed by atoms with Crippen molar-refractivity contribution in [1.29, 1.82) is 0 Å². The van der Waals surface area contributed by atoms with Crippen LogP contribution >= 0.6 is 11.6 Å². The first-order valence-electron chi connectivity index (χ1n) is 9.76. The minimum Gasteiger partial charge on any atom is -0.484 e. The van der Waals surface area contributed by atoms with Crippen LogP contribution in [0.1, 0.15) is 24.2 Å². The summed E-state index contributed by atoms with van der Waals surface area (Å²) in [5.74, 6) is 0.256. The van der Waals surface area contributed by atoms with Gasteiger partial charge in [0.15, 0.2) is 12.4 Å². The molecule has 2 aromatic carbocycles. The van der Waals surface area contributed by atoms with Crippen molar-refractivity contribution in [2.75, 3.05) is 49.5 Å². The Balaban J connectivity index is 1.62. The summed E-state index contributed by atoms with van der Waals surface area (Å²) in [4.78, 5) is 28.4. The standard InChI is InChI=1S/C22H26ClN3O3/c1-3-25-10-12-26(13-11-25)21-9-6-18(23)14-20(21)24-22(28)15-29-19-7-4-17(5-8-19)16(2)27/h4-9,14H,3,10-13,15H2,1-2H3,(H,24,28). The van der Waals surface area contributed by atoms with Gasteiger partial charge in [0.2, 0.25) is 0 Å². The van der Waals surface area contributed by atoms with E-state index < -0.39 is 0 Å². The van der Waals surface area contributed by atoms with Crippen molar-refractivity contribution in [2.24, 2.45) is 0 Å². The molecule has 154 valence electrons. The molecule has 29 heavy (non-hydrogen) atoms. The number of amides is 1. The molecule has 0 aliphatic carbocycles. The van der Waals surface area contributed by atoms with Gasteiger partial charge in [0.1, 0.15) is 5.75 Å². The molecule has 0 spiro atoms. The van der Waals surface area contributed by atoms with Crippen LogP contribution in [0, 0.1) is 0 Å². The lowest BCUT2D eigenvalue weighted by Gasteiger charge is -2.36. The third kappa shape index (κ3) is 5.71. The fraction of sp³-hybridized carbons (Fsp3) is 0.364. The van der Waals surface area contributed by atoms with Gasteiger partial charge in [-0.25, -0.2) is 0 Å². The number of carbonyl (C=O) groups is 2. The van der Waals surface area contributed by atoms with Crippen molar-refractivity contribution in [3.63, 3.8) is 0 Å². The van der Waals surface area contributed by atoms with Crippen LogP contribution in [0.15, 0.2) is 42.5 Å². The van der Waals surface area contributed by atoms with E-state index in [1.165, 1.54) is 6.92 Å². The molecule has 0 radical (unpaired) electrons. The number of ketones is 1. The number of carbonyl (C=O) groups excluding carboxylic acids is 2. The second kappa shape index (κ2) is 9.76. The number of ether oxygens (including phenoxy) is 1. The van der Waals surface area contributed by atoms with Crippen LogP contribution in [0.2, 0.25) is 5.02 Å². The molecule has 0 saturated carbocycles. The predicted octanol–water partition coefficient (Wildman–Crippen LogP) is 3.70. The Kier molecular flexibility index (Phi) is 7.12. The molecule has 1 aliphatic rings. The average molecular weight is 416 g/mol. The highest BCUT2D eigenvalue weighted by Gasteiger charge is 2.19. The maximum absolute atomic E-state index is 12.4. The predicted molar refractivity (Wildman–Crippen MR) is 116 cm³/mol. The largest absolute Gasteiger partial charge is 0.484 e. The van der Waals surface area contributed by atoms with Crippen LogP contribution in [0.5, 0.6) is 5.75 Å². The maximum Gasteiger partial charge on any atom is 0.262 e. The van der Waals surface area contributed by atoms with Crippen LogP contribution in [0.4, 0.5) is 11.4 Å². The first-order valence-corrected chi connectivity index (χ1v) is 10.1. The third-order valence-electron chi connectivity index (χ3n) is 5.02. The number of halogens is 1. The summed E-state index contributed by atoms with van der Waals surface area (Å²) in [5.41, 5.74) is 2.25. The molecule has 0 atom stereocenters.